The van der Waals surface area contributed by atoms with Gasteiger partial charge < -0.3 is 10.4 Å². The zero-order valence-corrected chi connectivity index (χ0v) is 11.9. The van der Waals surface area contributed by atoms with E-state index in [1.54, 1.807) is 6.07 Å². The van der Waals surface area contributed by atoms with Gasteiger partial charge in [-0.15, -0.1) is 11.3 Å². The number of carbonyl (C=O) groups excluding carboxylic acids is 1. The summed E-state index contributed by atoms with van der Waals surface area (Å²) in [4.78, 5) is 13.5. The Kier molecular flexibility index (Phi) is 5.39. The van der Waals surface area contributed by atoms with Gasteiger partial charge >= 0.3 is 0 Å². The molecule has 1 aromatic heterocycles. The highest BCUT2D eigenvalue weighted by Crippen LogP contribution is 2.17. The first kappa shape index (κ1) is 14.7. The molecule has 18 heavy (non-hydrogen) atoms. The molecule has 0 saturated heterocycles. The number of aliphatic hydroxyl groups is 1. The van der Waals surface area contributed by atoms with Crippen molar-refractivity contribution in [1.82, 2.24) is 5.32 Å². The summed E-state index contributed by atoms with van der Waals surface area (Å²) in [5.41, 5.74) is -0.191. The van der Waals surface area contributed by atoms with Crippen molar-refractivity contribution in [1.29, 1.82) is 0 Å². The predicted octanol–water partition coefficient (Wildman–Crippen LogP) is 2.40. The molecule has 98 valence electrons. The molecule has 0 fully saturated rings. The van der Waals surface area contributed by atoms with E-state index in [-0.39, 0.29) is 18.1 Å². The Morgan fingerprint density at radius 3 is 2.83 bits per heavy atom. The molecule has 0 aliphatic heterocycles. The highest BCUT2D eigenvalue weighted by Gasteiger charge is 2.19. The van der Waals surface area contributed by atoms with Gasteiger partial charge in [-0.2, -0.15) is 0 Å². The van der Waals surface area contributed by atoms with Crippen molar-refractivity contribution in [2.24, 2.45) is 0 Å². The minimum Gasteiger partial charge on any atom is -0.395 e. The summed E-state index contributed by atoms with van der Waals surface area (Å²) in [5.74, 6) is 5.71. The third-order valence-corrected chi connectivity index (χ3v) is 3.61. The summed E-state index contributed by atoms with van der Waals surface area (Å²) in [6, 6.07) is 3.62. The molecule has 0 saturated carbocycles. The molecule has 1 heterocycles. The van der Waals surface area contributed by atoms with E-state index in [2.05, 4.69) is 17.2 Å². The van der Waals surface area contributed by atoms with E-state index < -0.39 is 0 Å². The summed E-state index contributed by atoms with van der Waals surface area (Å²) >= 11 is 1.38. The van der Waals surface area contributed by atoms with Gasteiger partial charge in [-0.25, -0.2) is 0 Å². The number of amides is 1. The average Bonchev–Trinajstić information content (AvgIpc) is 2.78. The van der Waals surface area contributed by atoms with Gasteiger partial charge in [0.2, 0.25) is 0 Å². The monoisotopic (exact) mass is 265 g/mol. The average molecular weight is 265 g/mol. The Morgan fingerprint density at radius 2 is 2.22 bits per heavy atom. The number of rotatable bonds is 4. The standard InChI is InChI=1S/C14H19NO2S/c1-4-14(2,3)15-13(17)12-9-8-11(18-12)7-5-6-10-16/h8-9,16H,4,6,10H2,1-3H3,(H,15,17). The smallest absolute Gasteiger partial charge is 0.261 e. The Balaban J connectivity index is 2.69. The molecule has 0 aromatic carbocycles. The number of hydrogen-bond donors (Lipinski definition) is 2. The van der Waals surface area contributed by atoms with Gasteiger partial charge in [0.25, 0.3) is 5.91 Å². The molecule has 0 atom stereocenters. The number of aliphatic hydroxyl groups excluding tert-OH is 1. The number of carbonyl (C=O) groups is 1. The predicted molar refractivity (Wildman–Crippen MR) is 74.7 cm³/mol. The molecule has 2 N–H and O–H groups in total. The summed E-state index contributed by atoms with van der Waals surface area (Å²) in [7, 11) is 0. The van der Waals surface area contributed by atoms with Crippen LogP contribution in [0.2, 0.25) is 0 Å². The van der Waals surface area contributed by atoms with E-state index in [4.69, 9.17) is 5.11 Å². The van der Waals surface area contributed by atoms with Crippen LogP contribution in [0, 0.1) is 11.8 Å². The van der Waals surface area contributed by atoms with Crippen molar-refractivity contribution in [3.05, 3.63) is 21.9 Å². The lowest BCUT2D eigenvalue weighted by Gasteiger charge is -2.23. The Morgan fingerprint density at radius 1 is 1.50 bits per heavy atom. The SMILES string of the molecule is CCC(C)(C)NC(=O)c1ccc(C#CCCO)s1. The van der Waals surface area contributed by atoms with Gasteiger partial charge in [-0.3, -0.25) is 4.79 Å². The van der Waals surface area contributed by atoms with Gasteiger partial charge in [0, 0.05) is 12.0 Å². The quantitative estimate of drug-likeness (QED) is 0.821. The lowest BCUT2D eigenvalue weighted by atomic mass is 10.0. The van der Waals surface area contributed by atoms with Crippen LogP contribution in [-0.2, 0) is 0 Å². The molecule has 4 heteroatoms. The van der Waals surface area contributed by atoms with Gasteiger partial charge in [-0.05, 0) is 32.4 Å². The van der Waals surface area contributed by atoms with Crippen LogP contribution in [-0.4, -0.2) is 23.2 Å². The molecule has 0 unspecified atom stereocenters. The van der Waals surface area contributed by atoms with Gasteiger partial charge in [0.1, 0.15) is 0 Å². The van der Waals surface area contributed by atoms with Crippen molar-refractivity contribution in [2.75, 3.05) is 6.61 Å². The molecule has 3 nitrogen and oxygen atoms in total. The summed E-state index contributed by atoms with van der Waals surface area (Å²) < 4.78 is 0. The third kappa shape index (κ3) is 4.52. The first-order chi connectivity index (χ1) is 8.48. The number of nitrogens with one attached hydrogen (secondary N) is 1. The van der Waals surface area contributed by atoms with E-state index in [0.29, 0.717) is 11.3 Å². The highest BCUT2D eigenvalue weighted by molar-refractivity contribution is 7.14. The Hall–Kier alpha value is -1.31. The van der Waals surface area contributed by atoms with Gasteiger partial charge in [0.15, 0.2) is 0 Å². The van der Waals surface area contributed by atoms with E-state index in [1.807, 2.05) is 26.8 Å². The summed E-state index contributed by atoms with van der Waals surface area (Å²) in [6.45, 7) is 6.11. The maximum Gasteiger partial charge on any atom is 0.261 e. The third-order valence-electron chi connectivity index (χ3n) is 2.61. The molecule has 1 aromatic rings. The van der Waals surface area contributed by atoms with E-state index in [0.717, 1.165) is 11.3 Å². The zero-order chi connectivity index (χ0) is 13.6. The summed E-state index contributed by atoms with van der Waals surface area (Å²) in [6.07, 6.45) is 1.34. The van der Waals surface area contributed by atoms with Crippen LogP contribution >= 0.6 is 11.3 Å². The van der Waals surface area contributed by atoms with E-state index >= 15 is 0 Å². The fourth-order valence-electron chi connectivity index (χ4n) is 1.19. The number of thiophene rings is 1. The molecule has 0 radical (unpaired) electrons. The topological polar surface area (TPSA) is 49.3 Å². The fraction of sp³-hybridized carbons (Fsp3) is 0.500. The van der Waals surface area contributed by atoms with Crippen LogP contribution in [0.25, 0.3) is 0 Å². The maximum atomic E-state index is 12.0. The molecule has 0 aliphatic rings. The van der Waals surface area contributed by atoms with Crippen molar-refractivity contribution in [2.45, 2.75) is 39.2 Å². The molecule has 0 spiro atoms. The zero-order valence-electron chi connectivity index (χ0n) is 11.0. The van der Waals surface area contributed by atoms with Crippen molar-refractivity contribution >= 4 is 17.2 Å². The van der Waals surface area contributed by atoms with Crippen LogP contribution in [0.3, 0.4) is 0 Å². The van der Waals surface area contributed by atoms with E-state index in [9.17, 15) is 4.79 Å². The minimum atomic E-state index is -0.191. The van der Waals surface area contributed by atoms with Crippen molar-refractivity contribution in [3.63, 3.8) is 0 Å². The Bertz CT molecular complexity index is 466. The lowest BCUT2D eigenvalue weighted by molar-refractivity contribution is 0.0915. The first-order valence-electron chi connectivity index (χ1n) is 6.00. The molecule has 1 amide bonds. The maximum absolute atomic E-state index is 12.0. The molecular weight excluding hydrogens is 246 g/mol. The van der Waals surface area contributed by atoms with Crippen LogP contribution in [0.1, 0.15) is 48.2 Å². The van der Waals surface area contributed by atoms with Crippen LogP contribution < -0.4 is 5.32 Å². The highest BCUT2D eigenvalue weighted by atomic mass is 32.1. The van der Waals surface area contributed by atoms with Crippen LogP contribution in [0.15, 0.2) is 12.1 Å². The molecule has 1 rings (SSSR count). The fourth-order valence-corrected chi connectivity index (χ4v) is 1.97. The Labute approximate surface area is 112 Å². The summed E-state index contributed by atoms with van der Waals surface area (Å²) in [5, 5.41) is 11.6. The van der Waals surface area contributed by atoms with Gasteiger partial charge in [0.05, 0.1) is 16.4 Å². The number of hydrogen-bond acceptors (Lipinski definition) is 3. The largest absolute Gasteiger partial charge is 0.395 e. The molecule has 0 bridgehead atoms. The first-order valence-corrected chi connectivity index (χ1v) is 6.82. The minimum absolute atomic E-state index is 0.0536. The van der Waals surface area contributed by atoms with Crippen molar-refractivity contribution < 1.29 is 9.90 Å². The second-order valence-electron chi connectivity index (χ2n) is 4.63. The van der Waals surface area contributed by atoms with Crippen molar-refractivity contribution in [3.8, 4) is 11.8 Å². The van der Waals surface area contributed by atoms with E-state index in [1.165, 1.54) is 11.3 Å². The van der Waals surface area contributed by atoms with Crippen LogP contribution in [0.4, 0.5) is 0 Å². The lowest BCUT2D eigenvalue weighted by Crippen LogP contribution is -2.42. The normalized spacial score (nSPS) is 10.7. The second-order valence-corrected chi connectivity index (χ2v) is 5.71. The van der Waals surface area contributed by atoms with Crippen LogP contribution in [0.5, 0.6) is 0 Å². The molecular formula is C14H19NO2S. The second kappa shape index (κ2) is 6.58. The van der Waals surface area contributed by atoms with Gasteiger partial charge in [-0.1, -0.05) is 18.8 Å². The molecule has 0 aliphatic carbocycles.